The molecule has 0 fully saturated rings. The van der Waals surface area contributed by atoms with Crippen molar-refractivity contribution in [1.29, 1.82) is 0 Å². The van der Waals surface area contributed by atoms with Crippen LogP contribution in [-0.2, 0) is 24.4 Å². The van der Waals surface area contributed by atoms with E-state index in [2.05, 4.69) is 27.7 Å². The van der Waals surface area contributed by atoms with Crippen molar-refractivity contribution in [1.82, 2.24) is 0 Å². The Balaban J connectivity index is -0.000000832. The van der Waals surface area contributed by atoms with E-state index in [1.54, 1.807) is 54.6 Å². The first-order valence-electron chi connectivity index (χ1n) is 24.6. The van der Waals surface area contributed by atoms with E-state index in [9.17, 15) is 16.8 Å². The molecule has 0 aliphatic carbocycles. The number of rotatable bonds is 38. The molecule has 0 atom stereocenters. The van der Waals surface area contributed by atoms with E-state index in [0.717, 1.165) is 25.7 Å². The van der Waals surface area contributed by atoms with Crippen molar-refractivity contribution >= 4 is 20.2 Å². The van der Waals surface area contributed by atoms with Crippen LogP contribution in [0.1, 0.15) is 241 Å². The van der Waals surface area contributed by atoms with E-state index in [0.29, 0.717) is 12.2 Å². The second kappa shape index (κ2) is 46.1. The third-order valence-electron chi connectivity index (χ3n) is 10.7. The molecule has 0 amide bonds. The summed E-state index contributed by atoms with van der Waals surface area (Å²) < 4.78 is 57.5. The van der Waals surface area contributed by atoms with Gasteiger partial charge in [-0.15, -0.1) is 0 Å². The zero-order chi connectivity index (χ0) is 43.4. The summed E-state index contributed by atoms with van der Waals surface area (Å²) in [6.45, 7) is 9.33. The fourth-order valence-electron chi connectivity index (χ4n) is 6.93. The Morgan fingerprint density at radius 1 is 0.383 bits per heavy atom. The molecule has 0 heterocycles. The summed E-state index contributed by atoms with van der Waals surface area (Å²) in [6, 6.07) is 17.0. The van der Waals surface area contributed by atoms with Gasteiger partial charge in [0.2, 0.25) is 0 Å². The van der Waals surface area contributed by atoms with E-state index >= 15 is 0 Å². The molecule has 0 saturated heterocycles. The topological polar surface area (TPSA) is 86.7 Å². The first-order chi connectivity index (χ1) is 28.7. The summed E-state index contributed by atoms with van der Waals surface area (Å²) in [4.78, 5) is 0.239. The Bertz CT molecular complexity index is 1340. The van der Waals surface area contributed by atoms with E-state index in [4.69, 9.17) is 8.37 Å². The predicted octanol–water partition coefficient (Wildman–Crippen LogP) is 13.8. The molecule has 60 heavy (non-hydrogen) atoms. The van der Waals surface area contributed by atoms with Crippen LogP contribution in [0.15, 0.2) is 65.6 Å². The smallest absolute Gasteiger partial charge is 1.00 e. The van der Waals surface area contributed by atoms with Gasteiger partial charge in [0.25, 0.3) is 10.1 Å². The third-order valence-corrected chi connectivity index (χ3v) is 13.3. The van der Waals surface area contributed by atoms with Crippen LogP contribution in [-0.4, -0.2) is 29.2 Å². The molecular formula is C51H93NaO6S2. The van der Waals surface area contributed by atoms with Crippen LogP contribution in [0.2, 0.25) is 0 Å². The van der Waals surface area contributed by atoms with Crippen molar-refractivity contribution in [3.63, 3.8) is 0 Å². The summed E-state index contributed by atoms with van der Waals surface area (Å²) in [5.41, 5.74) is 0. The fourth-order valence-corrected chi connectivity index (χ4v) is 8.94. The Labute approximate surface area is 397 Å². The first-order valence-corrected chi connectivity index (χ1v) is 27.6. The SMILES string of the molecule is CCCCCCCCCCCCCCC.CCCCCCCCCCCCCOS(=O)(=O)c1ccccc1.CCCCCCCCCCCS(=O)(=O)Oc1ccccc1.[H-].[Na+]. The Morgan fingerprint density at radius 2 is 0.667 bits per heavy atom. The average Bonchev–Trinajstić information content (AvgIpc) is 3.23. The monoisotopic (exact) mass is 889 g/mol. The molecule has 2 aromatic rings. The quantitative estimate of drug-likeness (QED) is 0.0379. The molecule has 0 spiro atoms. The Hall–Kier alpha value is -0.900. The van der Waals surface area contributed by atoms with Gasteiger partial charge >= 0.3 is 39.7 Å². The normalized spacial score (nSPS) is 11.2. The van der Waals surface area contributed by atoms with Crippen molar-refractivity contribution in [2.24, 2.45) is 0 Å². The van der Waals surface area contributed by atoms with Gasteiger partial charge in [0, 0.05) is 0 Å². The molecule has 2 rings (SSSR count). The standard InChI is InChI=1S/C19H32O3S.C17H28O3S.C15H32.Na.H/c1-2-3-4-5-6-7-8-9-10-11-15-18-22-23(20,21)19-16-13-12-14-17-19;1-2-3-4-5-6-7-8-9-13-16-21(18,19)20-17-14-11-10-12-15-17;1-3-5-7-9-11-13-15-14-12-10-8-6-4-2;;/h12-14,16-17H,2-11,15,18H2,1H3;10-12,14-15H,2-9,13,16H2,1H3;3-15H2,1-2H3;;/q;;;+1;-1. The Morgan fingerprint density at radius 3 is 1.00 bits per heavy atom. The maximum absolute atomic E-state index is 11.9. The number of benzene rings is 2. The van der Waals surface area contributed by atoms with Crippen LogP contribution in [0.3, 0.4) is 0 Å². The summed E-state index contributed by atoms with van der Waals surface area (Å²) in [6.07, 6.45) is 43.1. The minimum absolute atomic E-state index is 0. The van der Waals surface area contributed by atoms with E-state index in [-0.39, 0.29) is 48.2 Å². The molecule has 0 bridgehead atoms. The van der Waals surface area contributed by atoms with Crippen LogP contribution in [0, 0.1) is 0 Å². The fraction of sp³-hybridized carbons (Fsp3) is 0.765. The molecule has 0 aliphatic rings. The molecule has 9 heteroatoms. The number of hydrogen-bond donors (Lipinski definition) is 0. The van der Waals surface area contributed by atoms with Crippen molar-refractivity contribution < 1.29 is 56.2 Å². The molecular weight excluding hydrogens is 796 g/mol. The second-order valence-corrected chi connectivity index (χ2v) is 19.8. The van der Waals surface area contributed by atoms with Crippen LogP contribution < -0.4 is 33.7 Å². The molecule has 0 aliphatic heterocycles. The van der Waals surface area contributed by atoms with Crippen molar-refractivity contribution in [3.8, 4) is 5.75 Å². The minimum atomic E-state index is -3.57. The third kappa shape index (κ3) is 42.4. The predicted molar refractivity (Wildman–Crippen MR) is 257 cm³/mol. The van der Waals surface area contributed by atoms with E-state index < -0.39 is 20.2 Å². The summed E-state index contributed by atoms with van der Waals surface area (Å²) >= 11 is 0. The van der Waals surface area contributed by atoms with Crippen LogP contribution in [0.25, 0.3) is 0 Å². The van der Waals surface area contributed by atoms with Gasteiger partial charge in [-0.25, -0.2) is 0 Å². The molecule has 0 N–H and O–H groups in total. The maximum Gasteiger partial charge on any atom is 1.00 e. The van der Waals surface area contributed by atoms with Crippen molar-refractivity contribution in [2.45, 2.75) is 244 Å². The van der Waals surface area contributed by atoms with Gasteiger partial charge in [0.15, 0.2) is 0 Å². The van der Waals surface area contributed by atoms with Gasteiger partial charge in [0.1, 0.15) is 5.75 Å². The molecule has 346 valence electrons. The van der Waals surface area contributed by atoms with Gasteiger partial charge < -0.3 is 5.61 Å². The number of hydrogen-bond acceptors (Lipinski definition) is 6. The van der Waals surface area contributed by atoms with E-state index in [1.165, 1.54) is 180 Å². The summed E-state index contributed by atoms with van der Waals surface area (Å²) in [5.74, 6) is 0.506. The second-order valence-electron chi connectivity index (χ2n) is 16.5. The van der Waals surface area contributed by atoms with Gasteiger partial charge in [-0.2, -0.15) is 16.8 Å². The van der Waals surface area contributed by atoms with Crippen LogP contribution in [0.4, 0.5) is 0 Å². The average molecular weight is 889 g/mol. The van der Waals surface area contributed by atoms with Crippen LogP contribution in [0.5, 0.6) is 5.75 Å². The summed E-state index contributed by atoms with van der Waals surface area (Å²) in [5, 5.41) is 0. The molecule has 0 saturated carbocycles. The zero-order valence-corrected chi connectivity index (χ0v) is 43.4. The molecule has 0 unspecified atom stereocenters. The van der Waals surface area contributed by atoms with Gasteiger partial charge in [-0.1, -0.05) is 263 Å². The minimum Gasteiger partial charge on any atom is -1.00 e. The zero-order valence-electron chi connectivity index (χ0n) is 40.8. The molecule has 0 aromatic heterocycles. The maximum atomic E-state index is 11.9. The summed E-state index contributed by atoms with van der Waals surface area (Å²) in [7, 11) is -7.01. The van der Waals surface area contributed by atoms with E-state index in [1.807, 2.05) is 6.07 Å². The number of para-hydroxylation sites is 1. The first kappa shape index (κ1) is 61.2. The van der Waals surface area contributed by atoms with Crippen molar-refractivity contribution in [3.05, 3.63) is 60.7 Å². The molecule has 2 aromatic carbocycles. The van der Waals surface area contributed by atoms with Gasteiger partial charge in [-0.05, 0) is 37.1 Å². The molecule has 6 nitrogen and oxygen atoms in total. The van der Waals surface area contributed by atoms with Crippen LogP contribution >= 0.6 is 0 Å². The van der Waals surface area contributed by atoms with Gasteiger partial charge in [-0.3, -0.25) is 4.18 Å². The van der Waals surface area contributed by atoms with Gasteiger partial charge in [0.05, 0.1) is 17.3 Å². The largest absolute Gasteiger partial charge is 1.00 e. The van der Waals surface area contributed by atoms with Crippen molar-refractivity contribution in [2.75, 3.05) is 12.4 Å². The number of unbranched alkanes of at least 4 members (excludes halogenated alkanes) is 30. The Kier molecular flexibility index (Phi) is 47.0. The molecule has 0 radical (unpaired) electrons.